The average molecular weight is 246 g/mol. The molecule has 3 rings (SSSR count). The Balaban J connectivity index is 2.21. The van der Waals surface area contributed by atoms with Crippen molar-refractivity contribution in [1.29, 1.82) is 0 Å². The van der Waals surface area contributed by atoms with Crippen LogP contribution in [0.1, 0.15) is 18.1 Å². The van der Waals surface area contributed by atoms with E-state index in [0.29, 0.717) is 0 Å². The smallest absolute Gasteiger partial charge is 0.154 e. The minimum Gasteiger partial charge on any atom is -0.168 e. The molecule has 0 aromatic carbocycles. The highest BCUT2D eigenvalue weighted by Crippen LogP contribution is 2.42. The molecule has 2 aromatic heterocycles. The van der Waals surface area contributed by atoms with Crippen molar-refractivity contribution < 1.29 is 0 Å². The maximum absolute atomic E-state index is 4.48. The van der Waals surface area contributed by atoms with E-state index >= 15 is 0 Å². The third-order valence-electron chi connectivity index (χ3n) is 2.71. The van der Waals surface area contributed by atoms with Crippen molar-refractivity contribution in [1.82, 2.24) is 0 Å². The molecule has 0 radical (unpaired) electrons. The van der Waals surface area contributed by atoms with E-state index in [2.05, 4.69) is 50.0 Å². The van der Waals surface area contributed by atoms with Gasteiger partial charge < -0.3 is 0 Å². The lowest BCUT2D eigenvalue weighted by Gasteiger charge is -2.20. The van der Waals surface area contributed by atoms with E-state index < -0.39 is 0 Å². The average Bonchev–Trinajstić information content (AvgIpc) is 2.99. The second kappa shape index (κ2) is 3.64. The molecule has 0 bridgehead atoms. The fourth-order valence-electron chi connectivity index (χ4n) is 1.93. The fraction of sp³-hybridized carbons (Fsp3) is 0.167. The van der Waals surface area contributed by atoms with Crippen LogP contribution in [0.25, 0.3) is 0 Å². The molecule has 0 atom stereocenters. The number of allylic oxidation sites excluding steroid dienone is 1. The van der Waals surface area contributed by atoms with Gasteiger partial charge in [0.25, 0.3) is 0 Å². The van der Waals surface area contributed by atoms with Crippen molar-refractivity contribution in [3.63, 3.8) is 0 Å². The Labute approximate surface area is 102 Å². The summed E-state index contributed by atoms with van der Waals surface area (Å²) in [6.07, 6.45) is 2.14. The molecule has 0 N–H and O–H groups in total. The molecule has 0 amide bonds. The van der Waals surface area contributed by atoms with Gasteiger partial charge >= 0.3 is 0 Å². The molecule has 0 unspecified atom stereocenters. The summed E-state index contributed by atoms with van der Waals surface area (Å²) in [6.45, 7) is 1.99. The molecule has 80 valence electrons. The highest BCUT2D eigenvalue weighted by Gasteiger charge is 2.36. The highest BCUT2D eigenvalue weighted by molar-refractivity contribution is 7.08. The van der Waals surface area contributed by atoms with Gasteiger partial charge in [0.05, 0.1) is 5.70 Å². The summed E-state index contributed by atoms with van der Waals surface area (Å²) in [6, 6.07) is 4.24. The maximum Gasteiger partial charge on any atom is 0.154 e. The van der Waals surface area contributed by atoms with Gasteiger partial charge in [-0.25, -0.2) is 0 Å². The van der Waals surface area contributed by atoms with Gasteiger partial charge in [0.1, 0.15) is 0 Å². The van der Waals surface area contributed by atoms with Crippen LogP contribution in [0.4, 0.5) is 0 Å². The highest BCUT2D eigenvalue weighted by atomic mass is 32.1. The van der Waals surface area contributed by atoms with Crippen LogP contribution in [0, 0.1) is 0 Å². The van der Waals surface area contributed by atoms with Crippen molar-refractivity contribution in [2.24, 2.45) is 10.2 Å². The molecule has 0 spiro atoms. The number of hydrogen-bond acceptors (Lipinski definition) is 4. The molecular weight excluding hydrogens is 236 g/mol. The third-order valence-corrected chi connectivity index (χ3v) is 4.07. The van der Waals surface area contributed by atoms with Crippen LogP contribution in [-0.4, -0.2) is 0 Å². The Kier molecular flexibility index (Phi) is 2.26. The molecule has 2 nitrogen and oxygen atoms in total. The van der Waals surface area contributed by atoms with E-state index in [1.165, 1.54) is 11.1 Å². The summed E-state index contributed by atoms with van der Waals surface area (Å²) < 4.78 is 0. The molecular formula is C12H10N2S2. The molecule has 4 heteroatoms. The quantitative estimate of drug-likeness (QED) is 0.749. The minimum atomic E-state index is -0.371. The lowest BCUT2D eigenvalue weighted by molar-refractivity contribution is 0.676. The van der Waals surface area contributed by atoms with E-state index in [0.717, 1.165) is 5.70 Å². The van der Waals surface area contributed by atoms with Gasteiger partial charge in [-0.3, -0.25) is 0 Å². The second-order valence-electron chi connectivity index (χ2n) is 3.78. The largest absolute Gasteiger partial charge is 0.168 e. The number of azo groups is 1. The summed E-state index contributed by atoms with van der Waals surface area (Å²) in [5, 5.41) is 17.1. The molecule has 1 aliphatic heterocycles. The monoisotopic (exact) mass is 246 g/mol. The maximum atomic E-state index is 4.48. The standard InChI is InChI=1S/C12H10N2S2/c1-9-6-12(14-13-9,10-2-4-15-7-10)11-3-5-16-8-11/h2-8H,1H3. The van der Waals surface area contributed by atoms with Crippen molar-refractivity contribution in [2.45, 2.75) is 12.5 Å². The van der Waals surface area contributed by atoms with Crippen LogP contribution in [0.15, 0.2) is 55.7 Å². The van der Waals surface area contributed by atoms with Crippen molar-refractivity contribution in [3.05, 3.63) is 56.6 Å². The zero-order valence-corrected chi connectivity index (χ0v) is 10.4. The molecule has 0 aliphatic carbocycles. The van der Waals surface area contributed by atoms with Gasteiger partial charge in [-0.15, -0.1) is 0 Å². The van der Waals surface area contributed by atoms with Crippen LogP contribution in [0.5, 0.6) is 0 Å². The Morgan fingerprint density at radius 2 is 1.69 bits per heavy atom. The van der Waals surface area contributed by atoms with Crippen LogP contribution in [0.2, 0.25) is 0 Å². The number of thiophene rings is 2. The lowest BCUT2D eigenvalue weighted by Crippen LogP contribution is -2.18. The molecule has 0 saturated carbocycles. The minimum absolute atomic E-state index is 0.371. The van der Waals surface area contributed by atoms with Crippen LogP contribution >= 0.6 is 22.7 Å². The predicted octanol–water partition coefficient (Wildman–Crippen LogP) is 4.42. The summed E-state index contributed by atoms with van der Waals surface area (Å²) in [5.41, 5.74) is 3.02. The number of rotatable bonds is 2. The molecule has 2 aromatic rings. The summed E-state index contributed by atoms with van der Waals surface area (Å²) in [7, 11) is 0. The molecule has 0 fully saturated rings. The van der Waals surface area contributed by atoms with Crippen molar-refractivity contribution in [2.75, 3.05) is 0 Å². The van der Waals surface area contributed by atoms with Crippen LogP contribution in [-0.2, 0) is 5.54 Å². The van der Waals surface area contributed by atoms with Crippen LogP contribution in [0.3, 0.4) is 0 Å². The fourth-order valence-corrected chi connectivity index (χ4v) is 3.35. The van der Waals surface area contributed by atoms with E-state index in [9.17, 15) is 0 Å². The van der Waals surface area contributed by atoms with E-state index in [4.69, 9.17) is 0 Å². The number of nitrogens with zero attached hydrogens (tertiary/aromatic N) is 2. The molecule has 0 saturated heterocycles. The first-order valence-corrected chi connectivity index (χ1v) is 6.87. The van der Waals surface area contributed by atoms with Gasteiger partial charge in [0, 0.05) is 11.1 Å². The Hall–Kier alpha value is -1.26. The first-order valence-electron chi connectivity index (χ1n) is 4.99. The first-order chi connectivity index (χ1) is 7.81. The van der Waals surface area contributed by atoms with Gasteiger partial charge in [0.2, 0.25) is 0 Å². The van der Waals surface area contributed by atoms with E-state index in [-0.39, 0.29) is 5.54 Å². The van der Waals surface area contributed by atoms with Crippen molar-refractivity contribution in [3.8, 4) is 0 Å². The van der Waals surface area contributed by atoms with Gasteiger partial charge in [0.15, 0.2) is 5.54 Å². The van der Waals surface area contributed by atoms with Crippen molar-refractivity contribution >= 4 is 22.7 Å². The van der Waals surface area contributed by atoms with Gasteiger partial charge in [-0.2, -0.15) is 32.9 Å². The molecule has 16 heavy (non-hydrogen) atoms. The molecule has 3 heterocycles. The first kappa shape index (κ1) is 9.93. The zero-order valence-electron chi connectivity index (χ0n) is 8.75. The third kappa shape index (κ3) is 1.37. The van der Waals surface area contributed by atoms with Gasteiger partial charge in [-0.1, -0.05) is 0 Å². The SMILES string of the molecule is CC1=CC(c2ccsc2)(c2ccsc2)N=N1. The topological polar surface area (TPSA) is 24.7 Å². The van der Waals surface area contributed by atoms with Crippen LogP contribution < -0.4 is 0 Å². The molecule has 1 aliphatic rings. The summed E-state index contributed by atoms with van der Waals surface area (Å²) in [4.78, 5) is 0. The number of hydrogen-bond donors (Lipinski definition) is 0. The Morgan fingerprint density at radius 1 is 1.06 bits per heavy atom. The summed E-state index contributed by atoms with van der Waals surface area (Å²) in [5.74, 6) is 0. The zero-order chi connectivity index (χ0) is 11.0. The van der Waals surface area contributed by atoms with E-state index in [1.807, 2.05) is 6.92 Å². The van der Waals surface area contributed by atoms with E-state index in [1.54, 1.807) is 22.7 Å². The van der Waals surface area contributed by atoms with Gasteiger partial charge in [-0.05, 0) is 46.7 Å². The Morgan fingerprint density at radius 3 is 2.06 bits per heavy atom. The Bertz CT molecular complexity index is 501. The summed E-state index contributed by atoms with van der Waals surface area (Å²) >= 11 is 3.39. The normalized spacial score (nSPS) is 17.7. The predicted molar refractivity (Wildman–Crippen MR) is 68.0 cm³/mol. The second-order valence-corrected chi connectivity index (χ2v) is 5.34. The lowest BCUT2D eigenvalue weighted by atomic mass is 9.87.